The second kappa shape index (κ2) is 9.17. The molecule has 0 aromatic carbocycles. The lowest BCUT2D eigenvalue weighted by atomic mass is 10.0. The van der Waals surface area contributed by atoms with Gasteiger partial charge in [0, 0.05) is 25.7 Å². The number of carbonyl (C=O) groups is 1. The number of halogens is 1. The van der Waals surface area contributed by atoms with Gasteiger partial charge in [0.25, 0.3) is 0 Å². The molecule has 136 valence electrons. The molecule has 2 N–H and O–H groups in total. The Morgan fingerprint density at radius 2 is 2.00 bits per heavy atom. The number of morpholine rings is 1. The quantitative estimate of drug-likeness (QED) is 0.718. The first-order chi connectivity index (χ1) is 10.4. The molecule has 0 bridgehead atoms. The lowest BCUT2D eigenvalue weighted by Gasteiger charge is -2.37. The molecule has 2 aliphatic heterocycles. The van der Waals surface area contributed by atoms with Crippen molar-refractivity contribution in [2.45, 2.75) is 51.3 Å². The number of hydrogen-bond acceptors (Lipinski definition) is 5. The largest absolute Gasteiger partial charge is 0.375 e. The Kier molecular flexibility index (Phi) is 8.23. The molecule has 0 aromatic rings. The van der Waals surface area contributed by atoms with Gasteiger partial charge in [-0.05, 0) is 26.2 Å². The molecule has 0 spiro atoms. The van der Waals surface area contributed by atoms with Crippen LogP contribution in [0.4, 0.5) is 0 Å². The summed E-state index contributed by atoms with van der Waals surface area (Å²) in [5.41, 5.74) is 0. The molecular formula is C14H28ClN3O4S. The van der Waals surface area contributed by atoms with Crippen LogP contribution in [-0.4, -0.2) is 69.4 Å². The number of nitrogens with zero attached hydrogens (tertiary/aromatic N) is 1. The maximum absolute atomic E-state index is 12.5. The van der Waals surface area contributed by atoms with Gasteiger partial charge in [-0.1, -0.05) is 6.92 Å². The zero-order valence-electron chi connectivity index (χ0n) is 13.8. The van der Waals surface area contributed by atoms with Crippen molar-refractivity contribution in [1.82, 2.24) is 14.9 Å². The van der Waals surface area contributed by atoms with Crippen LogP contribution in [0.3, 0.4) is 0 Å². The Balaban J connectivity index is 0.00000264. The fraction of sp³-hybridized carbons (Fsp3) is 0.929. The minimum absolute atomic E-state index is 0. The third kappa shape index (κ3) is 5.86. The number of carbonyl (C=O) groups excluding carboxylic acids is 1. The van der Waals surface area contributed by atoms with E-state index in [1.165, 1.54) is 0 Å². The minimum Gasteiger partial charge on any atom is -0.375 e. The van der Waals surface area contributed by atoms with Crippen LogP contribution >= 0.6 is 12.4 Å². The van der Waals surface area contributed by atoms with Crippen LogP contribution in [0.25, 0.3) is 0 Å². The third-order valence-corrected chi connectivity index (χ3v) is 5.85. The standard InChI is InChI=1S/C14H27N3O4S.ClH/c1-3-10-22(19,20)16-12-4-7-17(8-5-12)14(18)13-11(2)21-9-6-15-13;/h11-13,15-16H,3-10H2,1-2H3;1H/t11-,13+;/m1./s1. The molecule has 0 aliphatic carbocycles. The fourth-order valence-corrected chi connectivity index (χ4v) is 4.40. The van der Waals surface area contributed by atoms with Gasteiger partial charge in [-0.2, -0.15) is 0 Å². The molecule has 7 nitrogen and oxygen atoms in total. The summed E-state index contributed by atoms with van der Waals surface area (Å²) in [6, 6.07) is -0.351. The number of sulfonamides is 1. The van der Waals surface area contributed by atoms with E-state index in [2.05, 4.69) is 10.0 Å². The lowest BCUT2D eigenvalue weighted by molar-refractivity contribution is -0.140. The van der Waals surface area contributed by atoms with Crippen molar-refractivity contribution in [3.63, 3.8) is 0 Å². The predicted octanol–water partition coefficient (Wildman–Crippen LogP) is 0.106. The smallest absolute Gasteiger partial charge is 0.242 e. The van der Waals surface area contributed by atoms with Crippen molar-refractivity contribution < 1.29 is 17.9 Å². The molecule has 2 atom stereocenters. The monoisotopic (exact) mass is 369 g/mol. The van der Waals surface area contributed by atoms with E-state index in [9.17, 15) is 13.2 Å². The van der Waals surface area contributed by atoms with Crippen LogP contribution < -0.4 is 10.0 Å². The maximum atomic E-state index is 12.5. The maximum Gasteiger partial charge on any atom is 0.242 e. The van der Waals surface area contributed by atoms with Crippen LogP contribution in [0.5, 0.6) is 0 Å². The van der Waals surface area contributed by atoms with Crippen LogP contribution in [0.15, 0.2) is 0 Å². The highest BCUT2D eigenvalue weighted by Gasteiger charge is 2.34. The van der Waals surface area contributed by atoms with Gasteiger partial charge in [0.2, 0.25) is 15.9 Å². The molecule has 2 fully saturated rings. The predicted molar refractivity (Wildman–Crippen MR) is 91.3 cm³/mol. The molecule has 9 heteroatoms. The minimum atomic E-state index is -3.18. The van der Waals surface area contributed by atoms with Crippen LogP contribution in [0.1, 0.15) is 33.1 Å². The Bertz CT molecular complexity index is 480. The summed E-state index contributed by atoms with van der Waals surface area (Å²) in [6.45, 7) is 6.24. The van der Waals surface area contributed by atoms with Crippen molar-refractivity contribution >= 4 is 28.3 Å². The van der Waals surface area contributed by atoms with Crippen LogP contribution in [0.2, 0.25) is 0 Å². The molecule has 2 heterocycles. The Labute approximate surface area is 145 Å². The van der Waals surface area contributed by atoms with E-state index in [0.717, 1.165) is 0 Å². The Hall–Kier alpha value is -0.410. The van der Waals surface area contributed by atoms with Gasteiger partial charge in [-0.15, -0.1) is 12.4 Å². The summed E-state index contributed by atoms with van der Waals surface area (Å²) >= 11 is 0. The zero-order valence-corrected chi connectivity index (χ0v) is 15.4. The average Bonchev–Trinajstić information content (AvgIpc) is 2.47. The van der Waals surface area contributed by atoms with Gasteiger partial charge in [-0.25, -0.2) is 13.1 Å². The number of piperidine rings is 1. The summed E-state index contributed by atoms with van der Waals surface area (Å²) in [5.74, 6) is 0.217. The number of ether oxygens (including phenoxy) is 1. The van der Waals surface area contributed by atoms with Crippen molar-refractivity contribution in [1.29, 1.82) is 0 Å². The van der Waals surface area contributed by atoms with Crippen molar-refractivity contribution in [3.8, 4) is 0 Å². The molecular weight excluding hydrogens is 342 g/mol. The van der Waals surface area contributed by atoms with E-state index >= 15 is 0 Å². The van der Waals surface area contributed by atoms with Crippen molar-refractivity contribution in [2.75, 3.05) is 32.0 Å². The first-order valence-electron chi connectivity index (χ1n) is 8.06. The molecule has 2 saturated heterocycles. The van der Waals surface area contributed by atoms with E-state index in [0.29, 0.717) is 45.5 Å². The molecule has 2 aliphatic rings. The van der Waals surface area contributed by atoms with Gasteiger partial charge >= 0.3 is 0 Å². The van der Waals surface area contributed by atoms with E-state index in [4.69, 9.17) is 4.74 Å². The zero-order chi connectivity index (χ0) is 16.2. The molecule has 2 rings (SSSR count). The molecule has 0 saturated carbocycles. The normalized spacial score (nSPS) is 26.6. The summed E-state index contributed by atoms with van der Waals surface area (Å²) in [5, 5.41) is 3.20. The molecule has 0 aromatic heterocycles. The SMILES string of the molecule is CCCS(=O)(=O)NC1CCN(C(=O)[C@H]2NCCO[C@@H]2C)CC1.Cl. The fourth-order valence-electron chi connectivity index (χ4n) is 3.01. The van der Waals surface area contributed by atoms with Gasteiger partial charge < -0.3 is 15.0 Å². The second-order valence-electron chi connectivity index (χ2n) is 6.04. The van der Waals surface area contributed by atoms with Gasteiger partial charge in [0.1, 0.15) is 6.04 Å². The third-order valence-electron chi connectivity index (χ3n) is 4.21. The average molecular weight is 370 g/mol. The molecule has 0 unspecified atom stereocenters. The van der Waals surface area contributed by atoms with Crippen molar-refractivity contribution in [2.24, 2.45) is 0 Å². The highest BCUT2D eigenvalue weighted by molar-refractivity contribution is 7.89. The summed E-state index contributed by atoms with van der Waals surface area (Å²) in [7, 11) is -3.18. The number of likely N-dealkylation sites (tertiary alicyclic amines) is 1. The Morgan fingerprint density at radius 3 is 2.57 bits per heavy atom. The highest BCUT2D eigenvalue weighted by atomic mass is 35.5. The second-order valence-corrected chi connectivity index (χ2v) is 7.92. The van der Waals surface area contributed by atoms with Gasteiger partial charge in [0.05, 0.1) is 18.5 Å². The van der Waals surface area contributed by atoms with Gasteiger partial charge in [-0.3, -0.25) is 4.79 Å². The van der Waals surface area contributed by atoms with Gasteiger partial charge in [0.15, 0.2) is 0 Å². The summed E-state index contributed by atoms with van der Waals surface area (Å²) in [4.78, 5) is 14.3. The van der Waals surface area contributed by atoms with E-state index in [-0.39, 0.29) is 42.3 Å². The van der Waals surface area contributed by atoms with Crippen LogP contribution in [0, 0.1) is 0 Å². The first kappa shape index (κ1) is 20.6. The lowest BCUT2D eigenvalue weighted by Crippen LogP contribution is -2.58. The summed E-state index contributed by atoms with van der Waals surface area (Å²) < 4.78 is 31.8. The van der Waals surface area contributed by atoms with Crippen LogP contribution in [-0.2, 0) is 19.6 Å². The molecule has 23 heavy (non-hydrogen) atoms. The molecule has 0 radical (unpaired) electrons. The van der Waals surface area contributed by atoms with Crippen molar-refractivity contribution in [3.05, 3.63) is 0 Å². The number of amides is 1. The van der Waals surface area contributed by atoms with E-state index in [1.807, 2.05) is 18.7 Å². The van der Waals surface area contributed by atoms with E-state index in [1.54, 1.807) is 0 Å². The highest BCUT2D eigenvalue weighted by Crippen LogP contribution is 2.15. The number of nitrogens with one attached hydrogen (secondary N) is 2. The first-order valence-corrected chi connectivity index (χ1v) is 9.72. The molecule has 1 amide bonds. The topological polar surface area (TPSA) is 87.7 Å². The summed E-state index contributed by atoms with van der Waals surface area (Å²) in [6.07, 6.45) is 1.81. The van der Waals surface area contributed by atoms with E-state index < -0.39 is 10.0 Å². The number of hydrogen-bond donors (Lipinski definition) is 2. The number of rotatable bonds is 5. The Morgan fingerprint density at radius 1 is 1.35 bits per heavy atom.